The van der Waals surface area contributed by atoms with Crippen LogP contribution in [0.15, 0.2) is 18.3 Å². The molecule has 0 spiro atoms. The van der Waals surface area contributed by atoms with Crippen LogP contribution in [-0.2, 0) is 13.1 Å². The van der Waals surface area contributed by atoms with Gasteiger partial charge in [-0.05, 0) is 30.4 Å². The average molecular weight is 233 g/mol. The first-order valence-electron chi connectivity index (χ1n) is 6.57. The summed E-state index contributed by atoms with van der Waals surface area (Å²) in [5.74, 6) is 0.721. The van der Waals surface area contributed by atoms with Crippen molar-refractivity contribution < 1.29 is 0 Å². The summed E-state index contributed by atoms with van der Waals surface area (Å²) < 4.78 is 0. The molecule has 1 aromatic rings. The predicted octanol–water partition coefficient (Wildman–Crippen LogP) is 2.16. The van der Waals surface area contributed by atoms with E-state index >= 15 is 0 Å². The topological polar surface area (TPSA) is 42.1 Å². The van der Waals surface area contributed by atoms with E-state index in [1.165, 1.54) is 19.4 Å². The molecule has 0 atom stereocenters. The molecule has 3 heteroatoms. The van der Waals surface area contributed by atoms with Gasteiger partial charge in [0.25, 0.3) is 0 Å². The first kappa shape index (κ1) is 12.5. The van der Waals surface area contributed by atoms with Crippen molar-refractivity contribution in [1.82, 2.24) is 9.88 Å². The molecule has 1 heterocycles. The van der Waals surface area contributed by atoms with Gasteiger partial charge >= 0.3 is 0 Å². The second-order valence-corrected chi connectivity index (χ2v) is 5.42. The molecule has 1 aliphatic rings. The average Bonchev–Trinajstić information content (AvgIpc) is 3.12. The molecule has 0 amide bonds. The molecule has 94 valence electrons. The van der Waals surface area contributed by atoms with Gasteiger partial charge in [-0.25, -0.2) is 0 Å². The van der Waals surface area contributed by atoms with Gasteiger partial charge in [0.15, 0.2) is 0 Å². The van der Waals surface area contributed by atoms with Crippen LogP contribution in [0.5, 0.6) is 0 Å². The van der Waals surface area contributed by atoms with E-state index in [4.69, 9.17) is 5.73 Å². The molecular formula is C14H23N3. The Hall–Kier alpha value is -0.930. The van der Waals surface area contributed by atoms with Gasteiger partial charge in [-0.3, -0.25) is 9.88 Å². The van der Waals surface area contributed by atoms with Crippen LogP contribution < -0.4 is 5.73 Å². The molecule has 0 radical (unpaired) electrons. The molecule has 1 aromatic heterocycles. The number of nitrogens with two attached hydrogens (primary N) is 1. The lowest BCUT2D eigenvalue weighted by atomic mass is 10.2. The molecule has 0 aliphatic heterocycles. The van der Waals surface area contributed by atoms with Gasteiger partial charge in [-0.15, -0.1) is 0 Å². The Morgan fingerprint density at radius 2 is 2.18 bits per heavy atom. The van der Waals surface area contributed by atoms with E-state index in [1.54, 1.807) is 0 Å². The fraction of sp³-hybridized carbons (Fsp3) is 0.643. The van der Waals surface area contributed by atoms with Crippen LogP contribution in [0.1, 0.15) is 37.9 Å². The number of nitrogens with zero attached hydrogens (tertiary/aromatic N) is 2. The maximum absolute atomic E-state index is 5.57. The van der Waals surface area contributed by atoms with E-state index in [2.05, 4.69) is 35.9 Å². The predicted molar refractivity (Wildman–Crippen MR) is 70.4 cm³/mol. The van der Waals surface area contributed by atoms with Crippen LogP contribution in [0.4, 0.5) is 0 Å². The van der Waals surface area contributed by atoms with Crippen molar-refractivity contribution in [3.63, 3.8) is 0 Å². The lowest BCUT2D eigenvalue weighted by Gasteiger charge is -2.23. The van der Waals surface area contributed by atoms with E-state index in [1.807, 2.05) is 6.20 Å². The normalized spacial score (nSPS) is 15.8. The minimum atomic E-state index is 0.575. The zero-order valence-corrected chi connectivity index (χ0v) is 10.9. The number of rotatable bonds is 6. The fourth-order valence-electron chi connectivity index (χ4n) is 2.13. The monoisotopic (exact) mass is 233 g/mol. The molecule has 17 heavy (non-hydrogen) atoms. The smallest absolute Gasteiger partial charge is 0.0544 e. The summed E-state index contributed by atoms with van der Waals surface area (Å²) in [6.45, 7) is 7.28. The third-order valence-electron chi connectivity index (χ3n) is 3.15. The van der Waals surface area contributed by atoms with Crippen LogP contribution in [0.2, 0.25) is 0 Å². The quantitative estimate of drug-likeness (QED) is 0.818. The van der Waals surface area contributed by atoms with E-state index in [-0.39, 0.29) is 0 Å². The lowest BCUT2D eigenvalue weighted by molar-refractivity contribution is 0.223. The van der Waals surface area contributed by atoms with E-state index in [0.717, 1.165) is 29.8 Å². The Bertz CT molecular complexity index is 341. The Balaban J connectivity index is 1.96. The van der Waals surface area contributed by atoms with Crippen molar-refractivity contribution in [2.75, 3.05) is 6.54 Å². The number of hydrogen-bond acceptors (Lipinski definition) is 3. The van der Waals surface area contributed by atoms with Crippen LogP contribution in [0, 0.1) is 5.92 Å². The Morgan fingerprint density at radius 1 is 1.41 bits per heavy atom. The molecule has 2 rings (SSSR count). The van der Waals surface area contributed by atoms with Crippen molar-refractivity contribution in [3.05, 3.63) is 29.6 Å². The molecule has 0 bridgehead atoms. The molecule has 0 saturated heterocycles. The van der Waals surface area contributed by atoms with Gasteiger partial charge in [-0.1, -0.05) is 19.9 Å². The molecule has 1 saturated carbocycles. The summed E-state index contributed by atoms with van der Waals surface area (Å²) in [6, 6.07) is 4.99. The molecule has 1 aliphatic carbocycles. The second-order valence-electron chi connectivity index (χ2n) is 5.42. The highest BCUT2D eigenvalue weighted by Crippen LogP contribution is 2.28. The van der Waals surface area contributed by atoms with Crippen molar-refractivity contribution in [2.24, 2.45) is 11.7 Å². The highest BCUT2D eigenvalue weighted by Gasteiger charge is 2.29. The van der Waals surface area contributed by atoms with Gasteiger partial charge in [0, 0.05) is 31.9 Å². The maximum Gasteiger partial charge on any atom is 0.0544 e. The van der Waals surface area contributed by atoms with Crippen LogP contribution in [-0.4, -0.2) is 22.5 Å². The highest BCUT2D eigenvalue weighted by molar-refractivity contribution is 5.14. The summed E-state index contributed by atoms with van der Waals surface area (Å²) in [4.78, 5) is 7.05. The standard InChI is InChI=1S/C14H23N3/c1-11(2)9-17(14-5-6-14)10-13-4-3-12(7-15)8-16-13/h3-4,8,11,14H,5-7,9-10,15H2,1-2H3. The fourth-order valence-corrected chi connectivity index (χ4v) is 2.13. The van der Waals surface area contributed by atoms with Gasteiger partial charge in [0.05, 0.1) is 5.69 Å². The minimum absolute atomic E-state index is 0.575. The Kier molecular flexibility index (Phi) is 4.13. The van der Waals surface area contributed by atoms with Gasteiger partial charge in [0.2, 0.25) is 0 Å². The van der Waals surface area contributed by atoms with Crippen molar-refractivity contribution >= 4 is 0 Å². The van der Waals surface area contributed by atoms with Crippen LogP contribution >= 0.6 is 0 Å². The van der Waals surface area contributed by atoms with E-state index in [0.29, 0.717) is 6.54 Å². The number of hydrogen-bond donors (Lipinski definition) is 1. The summed E-state index contributed by atoms with van der Waals surface area (Å²) >= 11 is 0. The molecule has 0 aromatic carbocycles. The zero-order chi connectivity index (χ0) is 12.3. The SMILES string of the molecule is CC(C)CN(Cc1ccc(CN)cn1)C1CC1. The Labute approximate surface area is 104 Å². The van der Waals surface area contributed by atoms with Gasteiger partial charge < -0.3 is 5.73 Å². The summed E-state index contributed by atoms with van der Waals surface area (Å²) in [5.41, 5.74) is 7.84. The lowest BCUT2D eigenvalue weighted by Crippen LogP contribution is -2.29. The largest absolute Gasteiger partial charge is 0.326 e. The Morgan fingerprint density at radius 3 is 2.65 bits per heavy atom. The molecule has 3 nitrogen and oxygen atoms in total. The first-order valence-corrected chi connectivity index (χ1v) is 6.57. The first-order chi connectivity index (χ1) is 8.19. The number of pyridine rings is 1. The zero-order valence-electron chi connectivity index (χ0n) is 10.9. The van der Waals surface area contributed by atoms with Gasteiger partial charge in [-0.2, -0.15) is 0 Å². The minimum Gasteiger partial charge on any atom is -0.326 e. The molecule has 1 fully saturated rings. The number of aromatic nitrogens is 1. The highest BCUT2D eigenvalue weighted by atomic mass is 15.2. The molecule has 0 unspecified atom stereocenters. The third kappa shape index (κ3) is 3.79. The van der Waals surface area contributed by atoms with Crippen LogP contribution in [0.3, 0.4) is 0 Å². The summed E-state index contributed by atoms with van der Waals surface area (Å²) in [7, 11) is 0. The van der Waals surface area contributed by atoms with Crippen molar-refractivity contribution in [3.8, 4) is 0 Å². The molecule has 2 N–H and O–H groups in total. The summed E-state index contributed by atoms with van der Waals surface area (Å²) in [5, 5.41) is 0. The van der Waals surface area contributed by atoms with E-state index in [9.17, 15) is 0 Å². The second kappa shape index (κ2) is 5.61. The maximum atomic E-state index is 5.57. The van der Waals surface area contributed by atoms with Crippen LogP contribution in [0.25, 0.3) is 0 Å². The van der Waals surface area contributed by atoms with Gasteiger partial charge in [0.1, 0.15) is 0 Å². The summed E-state index contributed by atoms with van der Waals surface area (Å²) in [6.07, 6.45) is 4.61. The van der Waals surface area contributed by atoms with E-state index < -0.39 is 0 Å². The van der Waals surface area contributed by atoms with Crippen molar-refractivity contribution in [1.29, 1.82) is 0 Å². The van der Waals surface area contributed by atoms with Crippen molar-refractivity contribution in [2.45, 2.75) is 45.8 Å². The molecular weight excluding hydrogens is 210 g/mol. The third-order valence-corrected chi connectivity index (χ3v) is 3.15.